The summed E-state index contributed by atoms with van der Waals surface area (Å²) >= 11 is 3.27. The summed E-state index contributed by atoms with van der Waals surface area (Å²) in [6.07, 6.45) is 0. The molecular formula is C12H18BrNO2. The van der Waals surface area contributed by atoms with E-state index in [0.717, 1.165) is 18.7 Å². The van der Waals surface area contributed by atoms with Gasteiger partial charge in [0.2, 0.25) is 0 Å². The van der Waals surface area contributed by atoms with Crippen molar-refractivity contribution >= 4 is 15.9 Å². The highest BCUT2D eigenvalue weighted by atomic mass is 79.9. The van der Waals surface area contributed by atoms with Crippen molar-refractivity contribution in [3.63, 3.8) is 0 Å². The van der Waals surface area contributed by atoms with E-state index in [9.17, 15) is 5.11 Å². The van der Waals surface area contributed by atoms with Crippen molar-refractivity contribution in [2.45, 2.75) is 20.4 Å². The van der Waals surface area contributed by atoms with Crippen LogP contribution in [0.5, 0.6) is 5.75 Å². The zero-order valence-electron chi connectivity index (χ0n) is 9.63. The molecule has 0 unspecified atom stereocenters. The number of nitrogens with one attached hydrogen (secondary N) is 1. The number of aromatic hydroxyl groups is 1. The van der Waals surface area contributed by atoms with Crippen LogP contribution in [0.4, 0.5) is 0 Å². The lowest BCUT2D eigenvalue weighted by Gasteiger charge is -2.22. The van der Waals surface area contributed by atoms with E-state index in [0.29, 0.717) is 4.47 Å². The number of phenolic OH excluding ortho intramolecular Hbond substituents is 1. The highest BCUT2D eigenvalue weighted by molar-refractivity contribution is 9.10. The summed E-state index contributed by atoms with van der Waals surface area (Å²) in [6, 6.07) is 5.42. The van der Waals surface area contributed by atoms with Crippen molar-refractivity contribution in [2.24, 2.45) is 5.41 Å². The Morgan fingerprint density at radius 3 is 2.62 bits per heavy atom. The lowest BCUT2D eigenvalue weighted by molar-refractivity contribution is 0.156. The normalized spacial score (nSPS) is 11.8. The maximum atomic E-state index is 9.34. The lowest BCUT2D eigenvalue weighted by Crippen LogP contribution is -2.31. The second-order valence-electron chi connectivity index (χ2n) is 4.71. The molecule has 0 fully saturated rings. The van der Waals surface area contributed by atoms with Crippen LogP contribution in [0.1, 0.15) is 19.4 Å². The molecule has 4 heteroatoms. The van der Waals surface area contributed by atoms with E-state index >= 15 is 0 Å². The highest BCUT2D eigenvalue weighted by Crippen LogP contribution is 2.24. The zero-order valence-corrected chi connectivity index (χ0v) is 11.2. The van der Waals surface area contributed by atoms with Gasteiger partial charge in [0.1, 0.15) is 5.75 Å². The Balaban J connectivity index is 2.46. The van der Waals surface area contributed by atoms with Crippen LogP contribution in [0, 0.1) is 5.41 Å². The van der Waals surface area contributed by atoms with Crippen LogP contribution in [0.2, 0.25) is 0 Å². The average Bonchev–Trinajstić information content (AvgIpc) is 2.23. The molecule has 0 amide bonds. The summed E-state index contributed by atoms with van der Waals surface area (Å²) in [7, 11) is 0. The maximum Gasteiger partial charge on any atom is 0.129 e. The van der Waals surface area contributed by atoms with E-state index in [2.05, 4.69) is 21.2 Å². The van der Waals surface area contributed by atoms with Crippen LogP contribution in [0.15, 0.2) is 22.7 Å². The van der Waals surface area contributed by atoms with E-state index in [4.69, 9.17) is 5.11 Å². The first-order valence-corrected chi connectivity index (χ1v) is 6.03. The SMILES string of the molecule is CC(C)(CO)CNCc1ccc(O)c(Br)c1. The number of hydrogen-bond donors (Lipinski definition) is 3. The van der Waals surface area contributed by atoms with E-state index in [-0.39, 0.29) is 17.8 Å². The number of benzene rings is 1. The van der Waals surface area contributed by atoms with Gasteiger partial charge in [0.25, 0.3) is 0 Å². The summed E-state index contributed by atoms with van der Waals surface area (Å²) in [5.74, 6) is 0.249. The fourth-order valence-corrected chi connectivity index (χ4v) is 1.69. The molecule has 0 aromatic heterocycles. The predicted octanol–water partition coefficient (Wildman–Crippen LogP) is 2.26. The van der Waals surface area contributed by atoms with Crippen molar-refractivity contribution in [1.29, 1.82) is 0 Å². The molecule has 3 nitrogen and oxygen atoms in total. The molecule has 0 saturated heterocycles. The molecule has 1 aromatic carbocycles. The molecule has 0 aliphatic rings. The van der Waals surface area contributed by atoms with Gasteiger partial charge in [-0.3, -0.25) is 0 Å². The van der Waals surface area contributed by atoms with Gasteiger partial charge < -0.3 is 15.5 Å². The average molecular weight is 288 g/mol. The summed E-state index contributed by atoms with van der Waals surface area (Å²) in [5.41, 5.74) is 0.993. The third-order valence-electron chi connectivity index (χ3n) is 2.37. The van der Waals surface area contributed by atoms with Crippen LogP contribution in [-0.4, -0.2) is 23.4 Å². The first-order chi connectivity index (χ1) is 7.44. The van der Waals surface area contributed by atoms with Gasteiger partial charge >= 0.3 is 0 Å². The molecule has 90 valence electrons. The molecule has 0 aliphatic heterocycles. The first-order valence-electron chi connectivity index (χ1n) is 5.23. The minimum atomic E-state index is -0.103. The predicted molar refractivity (Wildman–Crippen MR) is 68.4 cm³/mol. The Hall–Kier alpha value is -0.580. The Morgan fingerprint density at radius 2 is 2.06 bits per heavy atom. The number of hydrogen-bond acceptors (Lipinski definition) is 3. The van der Waals surface area contributed by atoms with Gasteiger partial charge in [-0.2, -0.15) is 0 Å². The monoisotopic (exact) mass is 287 g/mol. The van der Waals surface area contributed by atoms with E-state index < -0.39 is 0 Å². The quantitative estimate of drug-likeness (QED) is 0.779. The van der Waals surface area contributed by atoms with E-state index in [1.165, 1.54) is 0 Å². The van der Waals surface area contributed by atoms with Crippen molar-refractivity contribution in [3.8, 4) is 5.75 Å². The van der Waals surface area contributed by atoms with Crippen LogP contribution >= 0.6 is 15.9 Å². The van der Waals surface area contributed by atoms with Gasteiger partial charge in [-0.15, -0.1) is 0 Å². The maximum absolute atomic E-state index is 9.34. The molecule has 3 N–H and O–H groups in total. The standard InChI is InChI=1S/C12H18BrNO2/c1-12(2,8-15)7-14-6-9-3-4-11(16)10(13)5-9/h3-5,14-16H,6-8H2,1-2H3. The molecule has 0 spiro atoms. The molecule has 16 heavy (non-hydrogen) atoms. The number of phenols is 1. The summed E-state index contributed by atoms with van der Waals surface area (Å²) in [5, 5.41) is 21.7. The van der Waals surface area contributed by atoms with Crippen LogP contribution in [-0.2, 0) is 6.54 Å². The Labute approximate surface area is 105 Å². The van der Waals surface area contributed by atoms with Crippen LogP contribution < -0.4 is 5.32 Å². The van der Waals surface area contributed by atoms with Gasteiger partial charge in [-0.05, 0) is 33.6 Å². The topological polar surface area (TPSA) is 52.5 Å². The third-order valence-corrected chi connectivity index (χ3v) is 3.01. The molecule has 0 atom stereocenters. The molecule has 0 bridgehead atoms. The Morgan fingerprint density at radius 1 is 1.38 bits per heavy atom. The van der Waals surface area contributed by atoms with Gasteiger partial charge in [-0.25, -0.2) is 0 Å². The molecule has 0 aliphatic carbocycles. The number of halogens is 1. The Bertz CT molecular complexity index is 353. The second kappa shape index (κ2) is 5.66. The third kappa shape index (κ3) is 4.12. The minimum absolute atomic E-state index is 0.103. The zero-order chi connectivity index (χ0) is 12.2. The lowest BCUT2D eigenvalue weighted by atomic mass is 9.95. The largest absolute Gasteiger partial charge is 0.507 e. The summed E-state index contributed by atoms with van der Waals surface area (Å²) in [4.78, 5) is 0. The van der Waals surface area contributed by atoms with Crippen LogP contribution in [0.25, 0.3) is 0 Å². The van der Waals surface area contributed by atoms with E-state index in [1.54, 1.807) is 6.07 Å². The smallest absolute Gasteiger partial charge is 0.129 e. The first kappa shape index (κ1) is 13.5. The van der Waals surface area contributed by atoms with Gasteiger partial charge in [0, 0.05) is 25.1 Å². The molecule has 0 saturated carbocycles. The molecule has 0 heterocycles. The Kier molecular flexibility index (Phi) is 4.77. The molecular weight excluding hydrogens is 270 g/mol. The minimum Gasteiger partial charge on any atom is -0.507 e. The molecule has 0 radical (unpaired) electrons. The number of aliphatic hydroxyl groups is 1. The fraction of sp³-hybridized carbons (Fsp3) is 0.500. The van der Waals surface area contributed by atoms with Crippen LogP contribution in [0.3, 0.4) is 0 Å². The molecule has 1 aromatic rings. The molecule has 1 rings (SSSR count). The summed E-state index contributed by atoms with van der Waals surface area (Å²) in [6.45, 7) is 5.66. The number of aliphatic hydroxyl groups excluding tert-OH is 1. The second-order valence-corrected chi connectivity index (χ2v) is 5.57. The fourth-order valence-electron chi connectivity index (χ4n) is 1.26. The van der Waals surface area contributed by atoms with E-state index in [1.807, 2.05) is 26.0 Å². The summed E-state index contributed by atoms with van der Waals surface area (Å²) < 4.78 is 0.702. The van der Waals surface area contributed by atoms with Crippen molar-refractivity contribution in [3.05, 3.63) is 28.2 Å². The van der Waals surface area contributed by atoms with Crippen molar-refractivity contribution in [1.82, 2.24) is 5.32 Å². The van der Waals surface area contributed by atoms with Crippen molar-refractivity contribution in [2.75, 3.05) is 13.2 Å². The van der Waals surface area contributed by atoms with Crippen molar-refractivity contribution < 1.29 is 10.2 Å². The number of rotatable bonds is 5. The highest BCUT2D eigenvalue weighted by Gasteiger charge is 2.15. The van der Waals surface area contributed by atoms with Gasteiger partial charge in [-0.1, -0.05) is 19.9 Å². The van der Waals surface area contributed by atoms with Gasteiger partial charge in [0.15, 0.2) is 0 Å². The van der Waals surface area contributed by atoms with Gasteiger partial charge in [0.05, 0.1) is 4.47 Å².